The van der Waals surface area contributed by atoms with Crippen molar-refractivity contribution in [2.75, 3.05) is 13.2 Å². The number of benzene rings is 2. The summed E-state index contributed by atoms with van der Waals surface area (Å²) in [5.41, 5.74) is 4.54. The van der Waals surface area contributed by atoms with Crippen molar-refractivity contribution in [3.8, 4) is 16.9 Å². The van der Waals surface area contributed by atoms with Crippen molar-refractivity contribution >= 4 is 5.97 Å². The summed E-state index contributed by atoms with van der Waals surface area (Å²) in [6.45, 7) is 9.68. The monoisotopic (exact) mass is 598 g/mol. The zero-order chi connectivity index (χ0) is 30.6. The van der Waals surface area contributed by atoms with Crippen LogP contribution in [0.15, 0.2) is 84.6 Å². The van der Waals surface area contributed by atoms with E-state index in [4.69, 9.17) is 19.3 Å². The molecule has 1 aromatic heterocycles. The van der Waals surface area contributed by atoms with Gasteiger partial charge in [0.05, 0.1) is 29.5 Å². The van der Waals surface area contributed by atoms with Gasteiger partial charge in [-0.1, -0.05) is 50.3 Å². The second-order valence-electron chi connectivity index (χ2n) is 13.3. The lowest BCUT2D eigenvalue weighted by atomic mass is 9.46. The second-order valence-corrected chi connectivity index (χ2v) is 13.3. The molecule has 1 N–H and O–H groups in total. The molecule has 44 heavy (non-hydrogen) atoms. The number of nitrogens with zero attached hydrogens (tertiary/aromatic N) is 2. The number of rotatable bonds is 5. The maximum atomic E-state index is 13.8. The van der Waals surface area contributed by atoms with Gasteiger partial charge in [-0.2, -0.15) is 5.10 Å². The van der Waals surface area contributed by atoms with E-state index in [1.165, 1.54) is 17.7 Å². The van der Waals surface area contributed by atoms with E-state index in [0.29, 0.717) is 30.2 Å². The topological polar surface area (TPSA) is 82.8 Å². The summed E-state index contributed by atoms with van der Waals surface area (Å²) in [5, 5.41) is 15.1. The van der Waals surface area contributed by atoms with Crippen molar-refractivity contribution in [1.82, 2.24) is 9.78 Å². The second kappa shape index (κ2) is 11.1. The molecule has 2 aromatic carbocycles. The molecule has 0 amide bonds. The number of para-hydroxylation sites is 1. The number of esters is 1. The van der Waals surface area contributed by atoms with Crippen LogP contribution >= 0.6 is 0 Å². The fraction of sp³-hybridized carbons (Fsp3) is 0.444. The lowest BCUT2D eigenvalue weighted by Crippen LogP contribution is -2.60. The van der Waals surface area contributed by atoms with Crippen molar-refractivity contribution in [2.24, 2.45) is 22.7 Å². The van der Waals surface area contributed by atoms with Crippen LogP contribution in [0.5, 0.6) is 0 Å². The van der Waals surface area contributed by atoms with Crippen LogP contribution in [0.1, 0.15) is 57.8 Å². The molecular formula is C36H39FN2O5. The van der Waals surface area contributed by atoms with E-state index >= 15 is 0 Å². The van der Waals surface area contributed by atoms with E-state index in [1.807, 2.05) is 47.3 Å². The van der Waals surface area contributed by atoms with Crippen LogP contribution in [0.25, 0.3) is 16.9 Å². The molecular weight excluding hydrogens is 559 g/mol. The van der Waals surface area contributed by atoms with Gasteiger partial charge in [0.15, 0.2) is 6.29 Å². The van der Waals surface area contributed by atoms with Gasteiger partial charge in [-0.25, -0.2) is 13.9 Å². The maximum absolute atomic E-state index is 13.8. The highest BCUT2D eigenvalue weighted by Crippen LogP contribution is 2.64. The number of carbonyl (C=O) groups is 1. The molecule has 7 rings (SSSR count). The fourth-order valence-electron chi connectivity index (χ4n) is 8.46. The Balaban J connectivity index is 1.17. The van der Waals surface area contributed by atoms with Crippen molar-refractivity contribution in [3.05, 3.63) is 96.0 Å². The molecule has 4 fully saturated rings. The molecule has 0 bridgehead atoms. The predicted octanol–water partition coefficient (Wildman–Crippen LogP) is 6.72. The molecule has 0 spiro atoms. The summed E-state index contributed by atoms with van der Waals surface area (Å²) in [6, 6.07) is 16.3. The zero-order valence-electron chi connectivity index (χ0n) is 25.2. The number of allylic oxidation sites excluding steroid dienone is 2. The minimum absolute atomic E-state index is 0.0162. The number of hydrogen-bond donors (Lipinski definition) is 1. The van der Waals surface area contributed by atoms with Crippen molar-refractivity contribution < 1.29 is 28.5 Å². The Morgan fingerprint density at radius 2 is 1.89 bits per heavy atom. The van der Waals surface area contributed by atoms with E-state index in [2.05, 4.69) is 20.4 Å². The first-order chi connectivity index (χ1) is 21.2. The van der Waals surface area contributed by atoms with Crippen LogP contribution in [-0.4, -0.2) is 46.3 Å². The van der Waals surface area contributed by atoms with E-state index in [-0.39, 0.29) is 35.3 Å². The number of hydrogen-bond acceptors (Lipinski definition) is 6. The molecule has 230 valence electrons. The largest absolute Gasteiger partial charge is 0.459 e. The molecule has 7 atom stereocenters. The van der Waals surface area contributed by atoms with E-state index < -0.39 is 18.4 Å². The average Bonchev–Trinajstić information content (AvgIpc) is 3.60. The molecule has 0 radical (unpaired) electrons. The molecule has 4 aliphatic rings. The smallest absolute Gasteiger partial charge is 0.336 e. The van der Waals surface area contributed by atoms with Crippen LogP contribution in [-0.2, 0) is 19.0 Å². The Morgan fingerprint density at radius 3 is 2.61 bits per heavy atom. The molecule has 2 aliphatic heterocycles. The number of ether oxygens (including phenoxy) is 3. The van der Waals surface area contributed by atoms with Gasteiger partial charge in [-0.3, -0.25) is 0 Å². The van der Waals surface area contributed by atoms with Gasteiger partial charge in [-0.15, -0.1) is 0 Å². The number of aromatic nitrogens is 2. The van der Waals surface area contributed by atoms with Gasteiger partial charge in [0.25, 0.3) is 0 Å². The molecule has 3 aromatic rings. The highest BCUT2D eigenvalue weighted by molar-refractivity contribution is 5.91. The SMILES string of the molecule is C=C1CC[C@@H]2[C@]3(C)COC(c4cn(-c5ccccc5)nc4-c4ccc(F)cc4)O[C@@H]3CC[C@@]2(C)[C@@H]1C/C=C1/C(=O)OCC1O. The maximum Gasteiger partial charge on any atom is 0.336 e. The normalized spacial score (nSPS) is 34.5. The number of aliphatic hydroxyl groups is 1. The van der Waals surface area contributed by atoms with E-state index in [0.717, 1.165) is 42.5 Å². The fourth-order valence-corrected chi connectivity index (χ4v) is 8.46. The number of halogens is 1. The first-order valence-electron chi connectivity index (χ1n) is 15.6. The third kappa shape index (κ3) is 4.84. The lowest BCUT2D eigenvalue weighted by molar-refractivity contribution is -0.307. The minimum Gasteiger partial charge on any atom is -0.459 e. The van der Waals surface area contributed by atoms with Crippen LogP contribution in [0.3, 0.4) is 0 Å². The lowest BCUT2D eigenvalue weighted by Gasteiger charge is -2.62. The molecule has 2 aliphatic carbocycles. The standard InChI is InChI=1S/C36H39FN2O5/c1-22-9-16-30-35(2,28(22)15-14-26-29(40)20-42-33(26)41)18-17-31-36(30,3)21-43-34(44-31)27-19-39(25-7-5-4-6-8-25)38-32(27)23-10-12-24(37)13-11-23/h4-8,10-14,19,28-31,34,40H,1,9,15-18,20-21H2,2-3H3/b26-14+/t28-,29?,30+,31-,34?,35+,36+/m1/s1. The molecule has 2 unspecified atom stereocenters. The average molecular weight is 599 g/mol. The number of carbonyl (C=O) groups excluding carboxylic acids is 1. The van der Waals surface area contributed by atoms with Gasteiger partial charge in [0.1, 0.15) is 24.2 Å². The number of fused-ring (bicyclic) bond motifs is 3. The Hall–Kier alpha value is -3.59. The summed E-state index contributed by atoms with van der Waals surface area (Å²) in [5.74, 6) is -0.216. The Labute approximate surface area is 257 Å². The third-order valence-corrected chi connectivity index (χ3v) is 10.8. The summed E-state index contributed by atoms with van der Waals surface area (Å²) in [6.07, 6.45) is 6.74. The highest BCUT2D eigenvalue weighted by Gasteiger charge is 2.60. The quantitative estimate of drug-likeness (QED) is 0.200. The van der Waals surface area contributed by atoms with Crippen LogP contribution in [0.2, 0.25) is 0 Å². The van der Waals surface area contributed by atoms with Gasteiger partial charge in [0.2, 0.25) is 0 Å². The molecule has 3 heterocycles. The Bertz CT molecular complexity index is 1600. The first-order valence-corrected chi connectivity index (χ1v) is 15.6. The summed E-state index contributed by atoms with van der Waals surface area (Å²) < 4.78 is 34.2. The number of cyclic esters (lactones) is 1. The molecule has 2 saturated carbocycles. The minimum atomic E-state index is -0.862. The third-order valence-electron chi connectivity index (χ3n) is 10.8. The van der Waals surface area contributed by atoms with Gasteiger partial charge >= 0.3 is 5.97 Å². The van der Waals surface area contributed by atoms with Crippen molar-refractivity contribution in [2.45, 2.75) is 64.4 Å². The van der Waals surface area contributed by atoms with Crippen LogP contribution < -0.4 is 0 Å². The Morgan fingerprint density at radius 1 is 1.11 bits per heavy atom. The number of aliphatic hydroxyl groups excluding tert-OH is 1. The molecule has 2 saturated heterocycles. The van der Waals surface area contributed by atoms with Gasteiger partial charge < -0.3 is 19.3 Å². The summed E-state index contributed by atoms with van der Waals surface area (Å²) in [7, 11) is 0. The predicted molar refractivity (Wildman–Crippen MR) is 163 cm³/mol. The summed E-state index contributed by atoms with van der Waals surface area (Å²) >= 11 is 0. The Kier molecular flexibility index (Phi) is 7.34. The first kappa shape index (κ1) is 29.1. The highest BCUT2D eigenvalue weighted by atomic mass is 19.1. The van der Waals surface area contributed by atoms with Crippen molar-refractivity contribution in [1.29, 1.82) is 0 Å². The van der Waals surface area contributed by atoms with Crippen LogP contribution in [0.4, 0.5) is 4.39 Å². The zero-order valence-corrected chi connectivity index (χ0v) is 25.2. The molecule has 8 heteroatoms. The molecule has 7 nitrogen and oxygen atoms in total. The van der Waals surface area contributed by atoms with E-state index in [9.17, 15) is 14.3 Å². The van der Waals surface area contributed by atoms with Crippen LogP contribution in [0, 0.1) is 28.5 Å². The van der Waals surface area contributed by atoms with E-state index in [1.54, 1.807) is 12.1 Å². The summed E-state index contributed by atoms with van der Waals surface area (Å²) in [4.78, 5) is 12.2. The van der Waals surface area contributed by atoms with Crippen molar-refractivity contribution in [3.63, 3.8) is 0 Å². The van der Waals surface area contributed by atoms with Gasteiger partial charge in [0, 0.05) is 17.2 Å². The van der Waals surface area contributed by atoms with Gasteiger partial charge in [-0.05, 0) is 85.8 Å².